The molecule has 0 aromatic rings. The third-order valence-electron chi connectivity index (χ3n) is 17.7. The molecular weight excluding hydrogens is 656 g/mol. The molecular formula is C43H74N2O7. The minimum Gasteiger partial charge on any atom is -0.390 e. The summed E-state index contributed by atoms with van der Waals surface area (Å²) in [7, 11) is 1.79. The molecule has 3 saturated heterocycles. The Balaban J connectivity index is 0.954. The molecule has 9 heteroatoms. The summed E-state index contributed by atoms with van der Waals surface area (Å²) >= 11 is 0. The highest BCUT2D eigenvalue weighted by Gasteiger charge is 2.84. The zero-order valence-electron chi connectivity index (χ0n) is 34.2. The molecule has 8 fully saturated rings. The maximum atomic E-state index is 12.7. The van der Waals surface area contributed by atoms with Crippen LogP contribution in [-0.2, 0) is 23.7 Å². The molecule has 3 heterocycles. The van der Waals surface area contributed by atoms with Gasteiger partial charge in [0.25, 0.3) is 0 Å². The third-order valence-corrected chi connectivity index (χ3v) is 17.7. The Morgan fingerprint density at radius 2 is 1.69 bits per heavy atom. The molecule has 0 amide bonds. The molecule has 52 heavy (non-hydrogen) atoms. The van der Waals surface area contributed by atoms with Crippen molar-refractivity contribution in [1.82, 2.24) is 9.80 Å². The van der Waals surface area contributed by atoms with Gasteiger partial charge in [-0.1, -0.05) is 34.6 Å². The van der Waals surface area contributed by atoms with Gasteiger partial charge in [-0.05, 0) is 123 Å². The van der Waals surface area contributed by atoms with Crippen LogP contribution in [0.4, 0.5) is 0 Å². The first-order valence-electron chi connectivity index (χ1n) is 21.4. The van der Waals surface area contributed by atoms with Gasteiger partial charge >= 0.3 is 0 Å². The van der Waals surface area contributed by atoms with E-state index in [1.165, 1.54) is 51.6 Å². The van der Waals surface area contributed by atoms with Gasteiger partial charge in [0.2, 0.25) is 0 Å². The van der Waals surface area contributed by atoms with Crippen LogP contribution in [0.1, 0.15) is 107 Å². The van der Waals surface area contributed by atoms with Gasteiger partial charge in [0.05, 0.1) is 43.2 Å². The van der Waals surface area contributed by atoms with E-state index >= 15 is 0 Å². The van der Waals surface area contributed by atoms with Crippen LogP contribution < -0.4 is 0 Å². The number of methoxy groups -OCH3 is 1. The van der Waals surface area contributed by atoms with Crippen molar-refractivity contribution in [3.8, 4) is 0 Å². The highest BCUT2D eigenvalue weighted by molar-refractivity contribution is 5.33. The first-order chi connectivity index (χ1) is 24.6. The van der Waals surface area contributed by atoms with Crippen molar-refractivity contribution in [1.29, 1.82) is 0 Å². The van der Waals surface area contributed by atoms with Crippen LogP contribution in [0.5, 0.6) is 0 Å². The second-order valence-corrected chi connectivity index (χ2v) is 20.9. The molecule has 0 radical (unpaired) electrons. The predicted octanol–water partition coefficient (Wildman–Crippen LogP) is 5.60. The van der Waals surface area contributed by atoms with E-state index in [1.807, 2.05) is 20.8 Å². The molecule has 0 aromatic carbocycles. The maximum absolute atomic E-state index is 12.7. The van der Waals surface area contributed by atoms with Crippen molar-refractivity contribution in [2.45, 2.75) is 149 Å². The molecule has 2 spiro atoms. The Hall–Kier alpha value is -0.360. The lowest BCUT2D eigenvalue weighted by Gasteiger charge is -2.64. The number of likely N-dealkylation sites (tertiary alicyclic amines) is 1. The van der Waals surface area contributed by atoms with Crippen molar-refractivity contribution >= 4 is 0 Å². The molecule has 5 aliphatic carbocycles. The lowest BCUT2D eigenvalue weighted by Crippen LogP contribution is -2.60. The summed E-state index contributed by atoms with van der Waals surface area (Å²) in [5.74, 6) is 2.58. The number of hydrogen-bond donors (Lipinski definition) is 2. The number of ether oxygens (including phenoxy) is 5. The van der Waals surface area contributed by atoms with Crippen molar-refractivity contribution in [3.63, 3.8) is 0 Å². The average molecular weight is 731 g/mol. The number of morpholine rings is 1. The fourth-order valence-electron chi connectivity index (χ4n) is 15.4. The van der Waals surface area contributed by atoms with E-state index in [1.54, 1.807) is 7.11 Å². The molecule has 5 saturated carbocycles. The summed E-state index contributed by atoms with van der Waals surface area (Å²) in [5, 5.41) is 23.8. The highest BCUT2D eigenvalue weighted by atomic mass is 16.7. The van der Waals surface area contributed by atoms with Gasteiger partial charge < -0.3 is 38.8 Å². The monoisotopic (exact) mass is 731 g/mol. The fourth-order valence-corrected chi connectivity index (χ4v) is 15.4. The lowest BCUT2D eigenvalue weighted by molar-refractivity contribution is -0.249. The van der Waals surface area contributed by atoms with Crippen molar-refractivity contribution in [3.05, 3.63) is 0 Å². The minimum absolute atomic E-state index is 0.0194. The summed E-state index contributed by atoms with van der Waals surface area (Å²) in [6, 6.07) is 0. The minimum atomic E-state index is -1.01. The zero-order chi connectivity index (χ0) is 37.1. The van der Waals surface area contributed by atoms with Crippen molar-refractivity contribution in [2.24, 2.45) is 56.7 Å². The number of fused-ring (bicyclic) bond motifs is 4. The summed E-state index contributed by atoms with van der Waals surface area (Å²) in [5.41, 5.74) is -0.457. The molecule has 298 valence electrons. The van der Waals surface area contributed by atoms with Crippen LogP contribution in [0.25, 0.3) is 0 Å². The van der Waals surface area contributed by atoms with E-state index in [-0.39, 0.29) is 40.8 Å². The van der Waals surface area contributed by atoms with Gasteiger partial charge in [0.1, 0.15) is 6.10 Å². The Kier molecular flexibility index (Phi) is 9.90. The number of rotatable bonds is 11. The van der Waals surface area contributed by atoms with Crippen LogP contribution >= 0.6 is 0 Å². The van der Waals surface area contributed by atoms with E-state index in [0.29, 0.717) is 41.1 Å². The van der Waals surface area contributed by atoms with Crippen molar-refractivity contribution in [2.75, 3.05) is 66.2 Å². The Bertz CT molecular complexity index is 1300. The number of hydrogen-bond acceptors (Lipinski definition) is 9. The second kappa shape index (κ2) is 13.4. The van der Waals surface area contributed by atoms with Gasteiger partial charge in [0, 0.05) is 58.4 Å². The van der Waals surface area contributed by atoms with Crippen LogP contribution in [0.15, 0.2) is 0 Å². The third kappa shape index (κ3) is 5.61. The molecule has 4 unspecified atom stereocenters. The van der Waals surface area contributed by atoms with E-state index in [2.05, 4.69) is 44.4 Å². The van der Waals surface area contributed by atoms with Gasteiger partial charge in [-0.2, -0.15) is 0 Å². The summed E-state index contributed by atoms with van der Waals surface area (Å²) in [4.78, 5) is 5.08. The first kappa shape index (κ1) is 38.5. The largest absolute Gasteiger partial charge is 0.390 e. The first-order valence-corrected chi connectivity index (χ1v) is 21.4. The van der Waals surface area contributed by atoms with Crippen LogP contribution in [0, 0.1) is 56.7 Å². The summed E-state index contributed by atoms with van der Waals surface area (Å²) in [6.07, 6.45) is 8.09. The Morgan fingerprint density at radius 1 is 0.962 bits per heavy atom. The Labute approximate surface area is 315 Å². The molecule has 14 atom stereocenters. The van der Waals surface area contributed by atoms with E-state index in [9.17, 15) is 10.2 Å². The summed E-state index contributed by atoms with van der Waals surface area (Å²) in [6.45, 7) is 26.6. The lowest BCUT2D eigenvalue weighted by atomic mass is 9.41. The van der Waals surface area contributed by atoms with Crippen molar-refractivity contribution < 1.29 is 33.9 Å². The number of nitrogens with zero attached hydrogens (tertiary/aromatic N) is 2. The molecule has 9 nitrogen and oxygen atoms in total. The molecule has 8 aliphatic rings. The smallest absolute Gasteiger partial charge is 0.170 e. The number of aliphatic hydroxyl groups excluding tert-OH is 1. The second-order valence-electron chi connectivity index (χ2n) is 20.9. The number of aliphatic hydroxyl groups is 2. The molecule has 0 bridgehead atoms. The molecule has 8 rings (SSSR count). The van der Waals surface area contributed by atoms with Gasteiger partial charge in [-0.25, -0.2) is 0 Å². The maximum Gasteiger partial charge on any atom is 0.170 e. The fraction of sp³-hybridized carbons (Fsp3) is 1.00. The van der Waals surface area contributed by atoms with Gasteiger partial charge in [-0.15, -0.1) is 0 Å². The quantitative estimate of drug-likeness (QED) is 0.282. The van der Waals surface area contributed by atoms with Gasteiger partial charge in [-0.3, -0.25) is 4.90 Å². The van der Waals surface area contributed by atoms with Crippen LogP contribution in [0.3, 0.4) is 0 Å². The van der Waals surface area contributed by atoms with E-state index < -0.39 is 17.8 Å². The normalized spacial score (nSPS) is 49.6. The Morgan fingerprint density at radius 3 is 2.40 bits per heavy atom. The zero-order valence-corrected chi connectivity index (χ0v) is 34.2. The predicted molar refractivity (Wildman–Crippen MR) is 201 cm³/mol. The standard InChI is InChI=1S/C43H74N2O7/c1-10-49-37(39(5,6)47)29-21-27(2)34-35(51-29)36(46)41(8)31-12-11-30-38(3,4)32(13-14-42(30)26-43(31,42)16-15-40(34,41)7)52-33-25-45(18-20-50-33)24-28-22-44(23-28)17-19-48-9/h27-37,46-47H,10-26H2,1-9H3/t27-,29?,30+,31?,32+,33+,34+,35?,36+,37+,40-,41-,42-,43?/m1/s1. The van der Waals surface area contributed by atoms with Gasteiger partial charge in [0.15, 0.2) is 6.29 Å². The van der Waals surface area contributed by atoms with Crippen LogP contribution in [-0.4, -0.2) is 129 Å². The average Bonchev–Trinajstić information content (AvgIpc) is 3.70. The van der Waals surface area contributed by atoms with E-state index in [4.69, 9.17) is 23.7 Å². The topological polar surface area (TPSA) is 93.1 Å². The highest BCUT2D eigenvalue weighted by Crippen LogP contribution is 2.89. The van der Waals surface area contributed by atoms with Crippen LogP contribution in [0.2, 0.25) is 0 Å². The SMILES string of the molecule is CCO[C@@H](C1C[C@@H](C)[C@H]2C(O1)[C@H](O)[C@@]1(C)C3CC[C@H]4C(C)(C)[C@@H](O[C@H]5CN(CC6CN(CCOC)C6)CCO5)CC[C@@]45CC35CC[C@]21C)C(C)(C)O. The molecule has 0 aromatic heterocycles. The molecule has 2 N–H and O–H groups in total. The molecule has 3 aliphatic heterocycles. The van der Waals surface area contributed by atoms with E-state index in [0.717, 1.165) is 58.2 Å². The summed E-state index contributed by atoms with van der Waals surface area (Å²) < 4.78 is 31.7.